The number of ether oxygens (including phenoxy) is 2. The topological polar surface area (TPSA) is 52.6 Å². The van der Waals surface area contributed by atoms with Gasteiger partial charge in [-0.25, -0.2) is 0 Å². The van der Waals surface area contributed by atoms with E-state index in [-0.39, 0.29) is 59.5 Å². The predicted molar refractivity (Wildman–Crippen MR) is 171 cm³/mol. The van der Waals surface area contributed by atoms with E-state index in [0.29, 0.717) is 11.8 Å². The Morgan fingerprint density at radius 1 is 0.939 bits per heavy atom. The first-order valence-electron chi connectivity index (χ1n) is 12.3. The van der Waals surface area contributed by atoms with Crippen molar-refractivity contribution in [3.8, 4) is 0 Å². The molecule has 0 aromatic carbocycles. The normalized spacial score (nSPS) is 39.0. The first-order valence-corrected chi connectivity index (χ1v) is 16.1. The zero-order chi connectivity index (χ0) is 24.1. The highest BCUT2D eigenvalue weighted by atomic mass is 127. The van der Waals surface area contributed by atoms with Crippen molar-refractivity contribution in [3.05, 3.63) is 0 Å². The maximum absolute atomic E-state index is 12.1. The highest BCUT2D eigenvalue weighted by Gasteiger charge is 2.54. The number of hydrogen-bond acceptors (Lipinski definition) is 4. The fourth-order valence-corrected chi connectivity index (χ4v) is 5.93. The van der Waals surface area contributed by atoms with Crippen LogP contribution in [-0.2, 0) is 19.1 Å². The molecule has 2 saturated heterocycles. The van der Waals surface area contributed by atoms with E-state index in [0.717, 1.165) is 43.9 Å². The number of hydrogen-bond donors (Lipinski definition) is 0. The first-order chi connectivity index (χ1) is 15.0. The molecule has 4 unspecified atom stereocenters. The van der Waals surface area contributed by atoms with Crippen LogP contribution in [0.3, 0.4) is 0 Å². The van der Waals surface area contributed by atoms with Gasteiger partial charge in [-0.15, -0.1) is 24.0 Å². The molecule has 0 aromatic rings. The molecular formula is C25H42I4O4. The Labute approximate surface area is 259 Å². The van der Waals surface area contributed by atoms with Gasteiger partial charge in [0, 0.05) is 11.8 Å². The fraction of sp³-hybridized carbons (Fsp3) is 0.920. The van der Waals surface area contributed by atoms with Gasteiger partial charge in [0.25, 0.3) is 0 Å². The summed E-state index contributed by atoms with van der Waals surface area (Å²) in [6.45, 7) is 10.8. The smallest absolute Gasteiger partial charge is 0.312 e. The maximum atomic E-state index is 12.1. The van der Waals surface area contributed by atoms with Crippen molar-refractivity contribution in [1.82, 2.24) is 0 Å². The number of rotatable bonds is 3. The van der Waals surface area contributed by atoms with Crippen LogP contribution in [0, 0.1) is 35.0 Å². The number of alkyl halides is 3. The molecule has 194 valence electrons. The minimum absolute atomic E-state index is 0. The van der Waals surface area contributed by atoms with Crippen LogP contribution in [0.4, 0.5) is 0 Å². The summed E-state index contributed by atoms with van der Waals surface area (Å²) in [6, 6.07) is 0. The van der Waals surface area contributed by atoms with Gasteiger partial charge in [-0.3, -0.25) is 9.59 Å². The second kappa shape index (κ2) is 15.3. The summed E-state index contributed by atoms with van der Waals surface area (Å²) in [5.74, 6) is 2.73. The van der Waals surface area contributed by atoms with Gasteiger partial charge in [-0.1, -0.05) is 121 Å². The molecule has 2 saturated carbocycles. The predicted octanol–water partition coefficient (Wildman–Crippen LogP) is 8.72. The van der Waals surface area contributed by atoms with Crippen molar-refractivity contribution in [3.63, 3.8) is 0 Å². The molecule has 4 aliphatic rings. The van der Waals surface area contributed by atoms with Crippen LogP contribution in [0.2, 0.25) is 0 Å². The Kier molecular flexibility index (Phi) is 15.3. The number of halogens is 4. The summed E-state index contributed by atoms with van der Waals surface area (Å²) in [5.41, 5.74) is -0.180. The van der Waals surface area contributed by atoms with Crippen LogP contribution in [-0.4, -0.2) is 24.1 Å². The van der Waals surface area contributed by atoms with E-state index in [4.69, 9.17) is 9.47 Å². The monoisotopic (exact) mass is 914 g/mol. The third-order valence-electron chi connectivity index (χ3n) is 8.03. The molecule has 2 heterocycles. The van der Waals surface area contributed by atoms with E-state index in [1.54, 1.807) is 0 Å². The number of carbonyl (C=O) groups excluding carboxylic acids is 2. The lowest BCUT2D eigenvalue weighted by Crippen LogP contribution is -2.35. The molecule has 0 radical (unpaired) electrons. The largest absolute Gasteiger partial charge is 0.462 e. The molecule has 2 aliphatic carbocycles. The average molecular weight is 914 g/mol. The van der Waals surface area contributed by atoms with Gasteiger partial charge in [0.05, 0.1) is 11.3 Å². The molecule has 0 amide bonds. The van der Waals surface area contributed by atoms with Crippen molar-refractivity contribution in [1.29, 1.82) is 0 Å². The zero-order valence-corrected chi connectivity index (χ0v) is 29.5. The van der Waals surface area contributed by atoms with Gasteiger partial charge < -0.3 is 9.47 Å². The Morgan fingerprint density at radius 3 is 2.06 bits per heavy atom. The van der Waals surface area contributed by atoms with Crippen LogP contribution in [0.5, 0.6) is 0 Å². The molecule has 8 heteroatoms. The van der Waals surface area contributed by atoms with Gasteiger partial charge in [-0.05, 0) is 50.9 Å². The minimum Gasteiger partial charge on any atom is -0.462 e. The second-order valence-electron chi connectivity index (χ2n) is 10.6. The zero-order valence-electron chi connectivity index (χ0n) is 20.7. The van der Waals surface area contributed by atoms with Crippen molar-refractivity contribution >= 4 is 104 Å². The second-order valence-corrected chi connectivity index (χ2v) is 21.5. The van der Waals surface area contributed by atoms with E-state index in [2.05, 4.69) is 95.5 Å². The summed E-state index contributed by atoms with van der Waals surface area (Å²) in [5, 5.41) is 0. The highest BCUT2D eigenvalue weighted by molar-refractivity contribution is 14.3. The van der Waals surface area contributed by atoms with Crippen LogP contribution in [0.1, 0.15) is 92.4 Å². The molecule has 0 aromatic heterocycles. The summed E-state index contributed by atoms with van der Waals surface area (Å²) in [4.78, 5) is 23.3. The number of unbranched alkanes of at least 4 members (excludes halogenated alkanes) is 1. The van der Waals surface area contributed by atoms with E-state index in [1.165, 1.54) is 25.7 Å². The van der Waals surface area contributed by atoms with Crippen LogP contribution >= 0.6 is 91.7 Å². The van der Waals surface area contributed by atoms with Crippen LogP contribution in [0.25, 0.3) is 0 Å². The molecule has 4 nitrogen and oxygen atoms in total. The van der Waals surface area contributed by atoms with Crippen molar-refractivity contribution in [2.75, 3.05) is 0 Å². The lowest BCUT2D eigenvalue weighted by Gasteiger charge is -2.34. The van der Waals surface area contributed by atoms with Crippen molar-refractivity contribution in [2.24, 2.45) is 35.0 Å². The number of carbonyl (C=O) groups is 2. The van der Waals surface area contributed by atoms with E-state index in [1.807, 2.05) is 6.92 Å². The first kappa shape index (κ1) is 32.9. The molecule has 2 aliphatic heterocycles. The molecule has 0 bridgehead atoms. The van der Waals surface area contributed by atoms with Gasteiger partial charge in [0.1, 0.15) is 12.1 Å². The van der Waals surface area contributed by atoms with Crippen LogP contribution < -0.4 is 0 Å². The Hall–Kier alpha value is 1.86. The lowest BCUT2D eigenvalue weighted by molar-refractivity contribution is -0.149. The van der Waals surface area contributed by atoms with E-state index >= 15 is 0 Å². The molecular weight excluding hydrogens is 872 g/mol. The molecule has 4 rings (SSSR count). The minimum atomic E-state index is -0.180. The number of esters is 2. The van der Waals surface area contributed by atoms with E-state index in [9.17, 15) is 9.59 Å². The fourth-order valence-electron chi connectivity index (χ4n) is 5.93. The van der Waals surface area contributed by atoms with Gasteiger partial charge >= 0.3 is 11.9 Å². The molecule has 0 N–H and O–H groups in total. The summed E-state index contributed by atoms with van der Waals surface area (Å²) in [6.07, 6.45) is 10.8. The average Bonchev–Trinajstić information content (AvgIpc) is 3.12. The number of fused-ring (bicyclic) bond motifs is 2. The third kappa shape index (κ3) is 9.28. The summed E-state index contributed by atoms with van der Waals surface area (Å²) in [7, 11) is 0. The summed E-state index contributed by atoms with van der Waals surface area (Å²) < 4.78 is 11.7. The van der Waals surface area contributed by atoms with Crippen LogP contribution in [0.15, 0.2) is 0 Å². The Balaban J connectivity index is 0.000000284. The van der Waals surface area contributed by atoms with Gasteiger partial charge in [-0.2, -0.15) is 0 Å². The van der Waals surface area contributed by atoms with Gasteiger partial charge in [0.15, 0.2) is 0 Å². The molecule has 4 fully saturated rings. The lowest BCUT2D eigenvalue weighted by atomic mass is 9.66. The summed E-state index contributed by atoms with van der Waals surface area (Å²) >= 11 is 6.95. The van der Waals surface area contributed by atoms with Crippen molar-refractivity contribution in [2.45, 2.75) is 105 Å². The Bertz CT molecular complexity index is 629. The Morgan fingerprint density at radius 2 is 1.48 bits per heavy atom. The SMILES string of the molecule is CC1C(=O)OC2C[C@H](C)CC[C@H]21.CCCCC1(C)C(=O)OC2C[C@H](C)CC[C@H]21.I.IC(I)I. The third-order valence-corrected chi connectivity index (χ3v) is 8.03. The molecule has 33 heavy (non-hydrogen) atoms. The maximum Gasteiger partial charge on any atom is 0.312 e. The molecule has 8 atom stereocenters. The van der Waals surface area contributed by atoms with Gasteiger partial charge in [0.2, 0.25) is 0 Å². The quantitative estimate of drug-likeness (QED) is 0.162. The standard InChI is InChI=1S/C14H24O2.C10H16O2.CHI3.HI/c1-4-5-8-14(3)11-7-6-10(2)9-12(11)16-13(14)15;1-6-3-4-8-7(2)10(11)12-9(8)5-6;2-1(3)4;/h10-12H,4-9H2,1-3H3;6-9H,3-5H2,1-2H3;1H;1H/t10-,11-,12?,14?;6-,7?,8+,9?;;/m11../s1. The highest BCUT2D eigenvalue weighted by Crippen LogP contribution is 2.50. The molecule has 0 spiro atoms. The van der Waals surface area contributed by atoms with E-state index < -0.39 is 0 Å². The van der Waals surface area contributed by atoms with Crippen molar-refractivity contribution < 1.29 is 19.1 Å².